The summed E-state index contributed by atoms with van der Waals surface area (Å²) in [5, 5.41) is 0.374. The summed E-state index contributed by atoms with van der Waals surface area (Å²) in [7, 11) is 0. The van der Waals surface area contributed by atoms with Crippen LogP contribution in [-0.2, 0) is 0 Å². The minimum Gasteiger partial charge on any atom is -0.330 e. The predicted molar refractivity (Wildman–Crippen MR) is 46.8 cm³/mol. The number of hydrogen-bond acceptors (Lipinski definition) is 2. The summed E-state index contributed by atoms with van der Waals surface area (Å²) in [6.07, 6.45) is 0.728. The zero-order chi connectivity index (χ0) is 8.97. The SMILES string of the molecule is NCCC(F)c1ccc(Cl)nc1. The minimum absolute atomic E-state index is 0.323. The van der Waals surface area contributed by atoms with E-state index in [1.807, 2.05) is 0 Å². The van der Waals surface area contributed by atoms with Crippen molar-refractivity contribution in [1.82, 2.24) is 4.98 Å². The zero-order valence-corrected chi connectivity index (χ0v) is 7.26. The van der Waals surface area contributed by atoms with Gasteiger partial charge in [-0.2, -0.15) is 0 Å². The highest BCUT2D eigenvalue weighted by molar-refractivity contribution is 6.29. The fourth-order valence-electron chi connectivity index (χ4n) is 0.886. The van der Waals surface area contributed by atoms with Gasteiger partial charge in [0.05, 0.1) is 0 Å². The maximum absolute atomic E-state index is 13.1. The van der Waals surface area contributed by atoms with Crippen molar-refractivity contribution >= 4 is 11.6 Å². The molecule has 0 bridgehead atoms. The summed E-state index contributed by atoms with van der Waals surface area (Å²) in [4.78, 5) is 3.77. The molecule has 0 saturated heterocycles. The number of hydrogen-bond donors (Lipinski definition) is 1. The van der Waals surface area contributed by atoms with Crippen LogP contribution in [0.3, 0.4) is 0 Å². The molecule has 12 heavy (non-hydrogen) atoms. The van der Waals surface area contributed by atoms with Gasteiger partial charge in [-0.05, 0) is 19.0 Å². The van der Waals surface area contributed by atoms with Crippen molar-refractivity contribution in [2.45, 2.75) is 12.6 Å². The van der Waals surface area contributed by atoms with Gasteiger partial charge in [-0.3, -0.25) is 0 Å². The lowest BCUT2D eigenvalue weighted by atomic mass is 10.1. The van der Waals surface area contributed by atoms with Crippen LogP contribution >= 0.6 is 11.6 Å². The monoisotopic (exact) mass is 188 g/mol. The van der Waals surface area contributed by atoms with Gasteiger partial charge in [0.2, 0.25) is 0 Å². The van der Waals surface area contributed by atoms with E-state index in [1.54, 1.807) is 12.1 Å². The number of aromatic nitrogens is 1. The Morgan fingerprint density at radius 2 is 2.33 bits per heavy atom. The molecular formula is C8H10ClFN2. The van der Waals surface area contributed by atoms with E-state index in [0.717, 1.165) is 0 Å². The molecule has 0 saturated carbocycles. The van der Waals surface area contributed by atoms with Crippen LogP contribution in [0.4, 0.5) is 4.39 Å². The summed E-state index contributed by atoms with van der Waals surface area (Å²) < 4.78 is 13.1. The molecule has 1 atom stereocenters. The van der Waals surface area contributed by atoms with E-state index >= 15 is 0 Å². The second kappa shape index (κ2) is 4.38. The van der Waals surface area contributed by atoms with Gasteiger partial charge >= 0.3 is 0 Å². The van der Waals surface area contributed by atoms with Gasteiger partial charge in [-0.25, -0.2) is 9.37 Å². The first-order valence-electron chi connectivity index (χ1n) is 3.69. The highest BCUT2D eigenvalue weighted by Crippen LogP contribution is 2.20. The summed E-state index contributed by atoms with van der Waals surface area (Å²) in [6.45, 7) is 0.337. The number of nitrogens with zero attached hydrogens (tertiary/aromatic N) is 1. The quantitative estimate of drug-likeness (QED) is 0.738. The van der Waals surface area contributed by atoms with Crippen LogP contribution < -0.4 is 5.73 Å². The average Bonchev–Trinajstić information content (AvgIpc) is 2.06. The van der Waals surface area contributed by atoms with Crippen molar-refractivity contribution < 1.29 is 4.39 Å². The first kappa shape index (κ1) is 9.42. The lowest BCUT2D eigenvalue weighted by Crippen LogP contribution is -2.03. The highest BCUT2D eigenvalue weighted by Gasteiger charge is 2.07. The van der Waals surface area contributed by atoms with E-state index in [4.69, 9.17) is 17.3 Å². The molecule has 1 heterocycles. The van der Waals surface area contributed by atoms with E-state index in [2.05, 4.69) is 4.98 Å². The second-order valence-electron chi connectivity index (χ2n) is 2.46. The van der Waals surface area contributed by atoms with Crippen LogP contribution in [0.2, 0.25) is 5.15 Å². The van der Waals surface area contributed by atoms with E-state index in [0.29, 0.717) is 23.7 Å². The van der Waals surface area contributed by atoms with Gasteiger partial charge < -0.3 is 5.73 Å². The maximum Gasteiger partial charge on any atom is 0.129 e. The molecule has 2 N–H and O–H groups in total. The summed E-state index contributed by atoms with van der Waals surface area (Å²) in [5.41, 5.74) is 5.74. The van der Waals surface area contributed by atoms with Crippen LogP contribution in [0.25, 0.3) is 0 Å². The van der Waals surface area contributed by atoms with E-state index in [-0.39, 0.29) is 0 Å². The predicted octanol–water partition coefficient (Wildman–Crippen LogP) is 2.09. The van der Waals surface area contributed by atoms with E-state index < -0.39 is 6.17 Å². The Kier molecular flexibility index (Phi) is 3.44. The van der Waals surface area contributed by atoms with Crippen LogP contribution in [0.1, 0.15) is 18.2 Å². The van der Waals surface area contributed by atoms with Crippen molar-refractivity contribution in [1.29, 1.82) is 0 Å². The molecule has 0 fully saturated rings. The van der Waals surface area contributed by atoms with Crippen molar-refractivity contribution in [3.05, 3.63) is 29.0 Å². The standard InChI is InChI=1S/C8H10ClFN2/c9-8-2-1-6(5-12-8)7(10)3-4-11/h1-2,5,7H,3-4,11H2. The lowest BCUT2D eigenvalue weighted by molar-refractivity contribution is 0.327. The Balaban J connectivity index is 2.68. The third-order valence-electron chi connectivity index (χ3n) is 1.53. The molecule has 0 aliphatic carbocycles. The first-order chi connectivity index (χ1) is 5.74. The fourth-order valence-corrected chi connectivity index (χ4v) is 0.997. The zero-order valence-electron chi connectivity index (χ0n) is 6.50. The molecule has 1 unspecified atom stereocenters. The van der Waals surface area contributed by atoms with Crippen molar-refractivity contribution in [2.75, 3.05) is 6.54 Å². The Bertz CT molecular complexity index is 237. The molecular weight excluding hydrogens is 179 g/mol. The highest BCUT2D eigenvalue weighted by atomic mass is 35.5. The summed E-state index contributed by atoms with van der Waals surface area (Å²) in [6, 6.07) is 3.19. The lowest BCUT2D eigenvalue weighted by Gasteiger charge is -2.05. The van der Waals surface area contributed by atoms with Crippen molar-refractivity contribution in [3.63, 3.8) is 0 Å². The average molecular weight is 189 g/mol. The summed E-state index contributed by atoms with van der Waals surface area (Å²) >= 11 is 5.54. The van der Waals surface area contributed by atoms with Gasteiger partial charge in [-0.15, -0.1) is 0 Å². The second-order valence-corrected chi connectivity index (χ2v) is 2.85. The summed E-state index contributed by atoms with van der Waals surface area (Å²) in [5.74, 6) is 0. The van der Waals surface area contributed by atoms with Crippen LogP contribution in [0.15, 0.2) is 18.3 Å². The molecule has 4 heteroatoms. The van der Waals surface area contributed by atoms with Crippen LogP contribution in [0.5, 0.6) is 0 Å². The van der Waals surface area contributed by atoms with E-state index in [1.165, 1.54) is 6.20 Å². The van der Waals surface area contributed by atoms with E-state index in [9.17, 15) is 4.39 Å². The number of rotatable bonds is 3. The molecule has 0 spiro atoms. The van der Waals surface area contributed by atoms with Gasteiger partial charge in [-0.1, -0.05) is 17.7 Å². The number of halogens is 2. The molecule has 2 nitrogen and oxygen atoms in total. The minimum atomic E-state index is -1.03. The third-order valence-corrected chi connectivity index (χ3v) is 1.76. The Hall–Kier alpha value is -0.670. The van der Waals surface area contributed by atoms with Crippen molar-refractivity contribution in [3.8, 4) is 0 Å². The van der Waals surface area contributed by atoms with Gasteiger partial charge in [0, 0.05) is 11.8 Å². The smallest absolute Gasteiger partial charge is 0.129 e. The fraction of sp³-hybridized carbons (Fsp3) is 0.375. The Morgan fingerprint density at radius 3 is 2.83 bits per heavy atom. The Morgan fingerprint density at radius 1 is 1.58 bits per heavy atom. The number of pyridine rings is 1. The largest absolute Gasteiger partial charge is 0.330 e. The maximum atomic E-state index is 13.1. The molecule has 1 rings (SSSR count). The van der Waals surface area contributed by atoms with Crippen LogP contribution in [-0.4, -0.2) is 11.5 Å². The molecule has 0 amide bonds. The molecule has 0 aliphatic rings. The number of nitrogens with two attached hydrogens (primary N) is 1. The molecule has 66 valence electrons. The molecule has 0 aromatic carbocycles. The van der Waals surface area contributed by atoms with Gasteiger partial charge in [0.25, 0.3) is 0 Å². The van der Waals surface area contributed by atoms with Gasteiger partial charge in [0.15, 0.2) is 0 Å². The molecule has 0 aliphatic heterocycles. The Labute approximate surface area is 75.6 Å². The normalized spacial score (nSPS) is 12.9. The molecule has 1 aromatic heterocycles. The topological polar surface area (TPSA) is 38.9 Å². The third kappa shape index (κ3) is 2.43. The molecule has 1 aromatic rings. The van der Waals surface area contributed by atoms with Gasteiger partial charge in [0.1, 0.15) is 11.3 Å². The van der Waals surface area contributed by atoms with Crippen molar-refractivity contribution in [2.24, 2.45) is 5.73 Å². The first-order valence-corrected chi connectivity index (χ1v) is 4.07. The molecule has 0 radical (unpaired) electrons. The van der Waals surface area contributed by atoms with Crippen LogP contribution in [0, 0.1) is 0 Å². The number of alkyl halides is 1.